The topological polar surface area (TPSA) is 29.1 Å². The van der Waals surface area contributed by atoms with E-state index in [0.29, 0.717) is 5.56 Å². The van der Waals surface area contributed by atoms with E-state index in [1.165, 1.54) is 5.56 Å². The van der Waals surface area contributed by atoms with Gasteiger partial charge in [-0.1, -0.05) is 12.1 Å². The number of rotatable bonds is 2. The van der Waals surface area contributed by atoms with Crippen molar-refractivity contribution in [1.29, 1.82) is 0 Å². The number of anilines is 1. The maximum absolute atomic E-state index is 12.2. The Balaban J connectivity index is 2.22. The SMILES string of the molecule is Cc1cc(C)cc(NC(=O)c2ccc(C)c(C)c2)c1. The highest BCUT2D eigenvalue weighted by molar-refractivity contribution is 6.04. The molecule has 0 bridgehead atoms. The van der Waals surface area contributed by atoms with Crippen LogP contribution in [0.3, 0.4) is 0 Å². The van der Waals surface area contributed by atoms with Gasteiger partial charge in [-0.25, -0.2) is 0 Å². The van der Waals surface area contributed by atoms with Gasteiger partial charge in [0.2, 0.25) is 0 Å². The Bertz CT molecular complexity index is 609. The number of aryl methyl sites for hydroxylation is 4. The standard InChI is InChI=1S/C17H19NO/c1-11-7-12(2)9-16(8-11)18-17(19)15-6-5-13(3)14(4)10-15/h5-10H,1-4H3,(H,18,19). The van der Waals surface area contributed by atoms with Gasteiger partial charge in [-0.15, -0.1) is 0 Å². The zero-order chi connectivity index (χ0) is 14.0. The lowest BCUT2D eigenvalue weighted by atomic mass is 10.1. The molecule has 0 saturated carbocycles. The van der Waals surface area contributed by atoms with E-state index in [1.54, 1.807) is 0 Å². The molecule has 0 saturated heterocycles. The van der Waals surface area contributed by atoms with E-state index in [-0.39, 0.29) is 5.91 Å². The Kier molecular flexibility index (Phi) is 3.70. The quantitative estimate of drug-likeness (QED) is 0.855. The summed E-state index contributed by atoms with van der Waals surface area (Å²) in [5.41, 5.74) is 6.17. The average Bonchev–Trinajstić information content (AvgIpc) is 2.31. The molecule has 0 heterocycles. The summed E-state index contributed by atoms with van der Waals surface area (Å²) in [6.07, 6.45) is 0. The van der Waals surface area contributed by atoms with E-state index in [4.69, 9.17) is 0 Å². The number of nitrogens with one attached hydrogen (secondary N) is 1. The largest absolute Gasteiger partial charge is 0.322 e. The van der Waals surface area contributed by atoms with Gasteiger partial charge in [-0.3, -0.25) is 4.79 Å². The summed E-state index contributed by atoms with van der Waals surface area (Å²) in [7, 11) is 0. The smallest absolute Gasteiger partial charge is 0.255 e. The molecule has 0 aromatic heterocycles. The van der Waals surface area contributed by atoms with Crippen LogP contribution in [0.4, 0.5) is 5.69 Å². The molecule has 1 N–H and O–H groups in total. The second-order valence-corrected chi connectivity index (χ2v) is 5.13. The van der Waals surface area contributed by atoms with Crippen LogP contribution in [-0.2, 0) is 0 Å². The zero-order valence-corrected chi connectivity index (χ0v) is 11.9. The molecule has 2 nitrogen and oxygen atoms in total. The molecule has 1 amide bonds. The first-order valence-corrected chi connectivity index (χ1v) is 6.42. The molecule has 0 spiro atoms. The molecule has 2 aromatic carbocycles. The summed E-state index contributed by atoms with van der Waals surface area (Å²) in [4.78, 5) is 12.2. The Morgan fingerprint density at radius 1 is 0.842 bits per heavy atom. The van der Waals surface area contributed by atoms with Gasteiger partial charge >= 0.3 is 0 Å². The second-order valence-electron chi connectivity index (χ2n) is 5.13. The van der Waals surface area contributed by atoms with Gasteiger partial charge in [-0.2, -0.15) is 0 Å². The van der Waals surface area contributed by atoms with Crippen molar-refractivity contribution >= 4 is 11.6 Å². The Morgan fingerprint density at radius 3 is 2.05 bits per heavy atom. The second kappa shape index (κ2) is 5.27. The van der Waals surface area contributed by atoms with Crippen molar-refractivity contribution in [1.82, 2.24) is 0 Å². The fourth-order valence-corrected chi connectivity index (χ4v) is 2.13. The summed E-state index contributed by atoms with van der Waals surface area (Å²) < 4.78 is 0. The van der Waals surface area contributed by atoms with Crippen molar-refractivity contribution in [2.75, 3.05) is 5.32 Å². The van der Waals surface area contributed by atoms with Crippen molar-refractivity contribution in [2.24, 2.45) is 0 Å². The molecule has 19 heavy (non-hydrogen) atoms. The lowest BCUT2D eigenvalue weighted by Gasteiger charge is -2.09. The van der Waals surface area contributed by atoms with Gasteiger partial charge in [0.15, 0.2) is 0 Å². The van der Waals surface area contributed by atoms with Gasteiger partial charge in [-0.05, 0) is 74.2 Å². The molecule has 0 radical (unpaired) electrons. The number of hydrogen-bond donors (Lipinski definition) is 1. The third-order valence-electron chi connectivity index (χ3n) is 3.25. The number of carbonyl (C=O) groups excluding carboxylic acids is 1. The molecular weight excluding hydrogens is 234 g/mol. The van der Waals surface area contributed by atoms with Gasteiger partial charge in [0.05, 0.1) is 0 Å². The number of carbonyl (C=O) groups is 1. The third-order valence-corrected chi connectivity index (χ3v) is 3.25. The molecule has 2 aromatic rings. The van der Waals surface area contributed by atoms with Crippen LogP contribution in [0.2, 0.25) is 0 Å². The maximum Gasteiger partial charge on any atom is 0.255 e. The number of benzene rings is 2. The molecular formula is C17H19NO. The number of hydrogen-bond acceptors (Lipinski definition) is 1. The zero-order valence-electron chi connectivity index (χ0n) is 11.9. The predicted molar refractivity (Wildman–Crippen MR) is 79.8 cm³/mol. The third kappa shape index (κ3) is 3.22. The fraction of sp³-hybridized carbons (Fsp3) is 0.235. The maximum atomic E-state index is 12.2. The summed E-state index contributed by atoms with van der Waals surface area (Å²) in [5.74, 6) is -0.0619. The van der Waals surface area contributed by atoms with E-state index >= 15 is 0 Å². The van der Waals surface area contributed by atoms with Crippen molar-refractivity contribution in [3.8, 4) is 0 Å². The van der Waals surface area contributed by atoms with Crippen molar-refractivity contribution in [2.45, 2.75) is 27.7 Å². The van der Waals surface area contributed by atoms with E-state index in [1.807, 2.05) is 58.0 Å². The molecule has 0 aliphatic rings. The minimum absolute atomic E-state index is 0.0619. The van der Waals surface area contributed by atoms with Crippen LogP contribution in [0, 0.1) is 27.7 Å². The molecule has 0 aliphatic carbocycles. The van der Waals surface area contributed by atoms with E-state index in [2.05, 4.69) is 11.4 Å². The normalized spacial score (nSPS) is 10.3. The molecule has 0 fully saturated rings. The van der Waals surface area contributed by atoms with E-state index < -0.39 is 0 Å². The van der Waals surface area contributed by atoms with E-state index in [0.717, 1.165) is 22.4 Å². The molecule has 98 valence electrons. The van der Waals surface area contributed by atoms with E-state index in [9.17, 15) is 4.79 Å². The average molecular weight is 253 g/mol. The fourth-order valence-electron chi connectivity index (χ4n) is 2.13. The number of amides is 1. The van der Waals surface area contributed by atoms with Crippen LogP contribution in [0.25, 0.3) is 0 Å². The summed E-state index contributed by atoms with van der Waals surface area (Å²) in [5, 5.41) is 2.95. The highest BCUT2D eigenvalue weighted by atomic mass is 16.1. The van der Waals surface area contributed by atoms with Crippen LogP contribution < -0.4 is 5.32 Å². The summed E-state index contributed by atoms with van der Waals surface area (Å²) in [6.45, 7) is 8.11. The monoisotopic (exact) mass is 253 g/mol. The van der Waals surface area contributed by atoms with Crippen LogP contribution in [0.15, 0.2) is 36.4 Å². The first kappa shape index (κ1) is 13.3. The minimum atomic E-state index is -0.0619. The van der Waals surface area contributed by atoms with Gasteiger partial charge < -0.3 is 5.32 Å². The minimum Gasteiger partial charge on any atom is -0.322 e. The van der Waals surface area contributed by atoms with Crippen LogP contribution in [0.1, 0.15) is 32.6 Å². The Morgan fingerprint density at radius 2 is 1.47 bits per heavy atom. The van der Waals surface area contributed by atoms with Crippen molar-refractivity contribution in [3.63, 3.8) is 0 Å². The molecule has 2 rings (SSSR count). The predicted octanol–water partition coefficient (Wildman–Crippen LogP) is 4.17. The summed E-state index contributed by atoms with van der Waals surface area (Å²) >= 11 is 0. The van der Waals surface area contributed by atoms with Crippen molar-refractivity contribution in [3.05, 3.63) is 64.2 Å². The molecule has 0 atom stereocenters. The first-order valence-electron chi connectivity index (χ1n) is 6.42. The van der Waals surface area contributed by atoms with Gasteiger partial charge in [0, 0.05) is 11.3 Å². The molecule has 0 aliphatic heterocycles. The van der Waals surface area contributed by atoms with Crippen LogP contribution in [-0.4, -0.2) is 5.91 Å². The summed E-state index contributed by atoms with van der Waals surface area (Å²) in [6, 6.07) is 11.8. The molecule has 0 unspecified atom stereocenters. The molecule has 2 heteroatoms. The van der Waals surface area contributed by atoms with Crippen LogP contribution >= 0.6 is 0 Å². The van der Waals surface area contributed by atoms with Crippen LogP contribution in [0.5, 0.6) is 0 Å². The lowest BCUT2D eigenvalue weighted by Crippen LogP contribution is -2.12. The Hall–Kier alpha value is -2.09. The highest BCUT2D eigenvalue weighted by Gasteiger charge is 2.07. The Labute approximate surface area is 114 Å². The van der Waals surface area contributed by atoms with Gasteiger partial charge in [0.25, 0.3) is 5.91 Å². The first-order chi connectivity index (χ1) is 8.95. The van der Waals surface area contributed by atoms with Gasteiger partial charge in [0.1, 0.15) is 0 Å². The highest BCUT2D eigenvalue weighted by Crippen LogP contribution is 2.16. The van der Waals surface area contributed by atoms with Crippen molar-refractivity contribution < 1.29 is 4.79 Å². The lowest BCUT2D eigenvalue weighted by molar-refractivity contribution is 0.102.